The quantitative estimate of drug-likeness (QED) is 0.917. The average molecular weight is 340 g/mol. The number of rotatable bonds is 3. The maximum absolute atomic E-state index is 12.1. The van der Waals surface area contributed by atoms with Crippen LogP contribution in [-0.4, -0.2) is 52.8 Å². The number of carbonyl (C=O) groups is 1. The third-order valence-corrected chi connectivity index (χ3v) is 3.95. The maximum atomic E-state index is 12.1. The standard InChI is InChI=1S/C18H24N6O/c1-18(2,3)20-17(25)14-7-8-16(22-21-14)24-12-10-23(11-13-24)15-6-4-5-9-19-15/h4-9H,10-13H2,1-3H3,(H,20,25). The van der Waals surface area contributed by atoms with Gasteiger partial charge in [-0.1, -0.05) is 6.07 Å². The fourth-order valence-electron chi connectivity index (χ4n) is 2.73. The van der Waals surface area contributed by atoms with Crippen LogP contribution in [0.2, 0.25) is 0 Å². The summed E-state index contributed by atoms with van der Waals surface area (Å²) in [6.07, 6.45) is 1.81. The molecule has 2 aromatic heterocycles. The molecule has 0 bridgehead atoms. The number of nitrogens with zero attached hydrogens (tertiary/aromatic N) is 5. The van der Waals surface area contributed by atoms with E-state index < -0.39 is 0 Å². The van der Waals surface area contributed by atoms with Crippen LogP contribution >= 0.6 is 0 Å². The van der Waals surface area contributed by atoms with Crippen LogP contribution in [0.5, 0.6) is 0 Å². The summed E-state index contributed by atoms with van der Waals surface area (Å²) in [5, 5.41) is 11.2. The van der Waals surface area contributed by atoms with Crippen LogP contribution in [0.25, 0.3) is 0 Å². The first-order chi connectivity index (χ1) is 11.9. The normalized spacial score (nSPS) is 15.2. The molecule has 0 spiro atoms. The number of amides is 1. The molecule has 1 N–H and O–H groups in total. The lowest BCUT2D eigenvalue weighted by Gasteiger charge is -2.35. The lowest BCUT2D eigenvalue weighted by molar-refractivity contribution is 0.0913. The van der Waals surface area contributed by atoms with Gasteiger partial charge >= 0.3 is 0 Å². The molecule has 3 heterocycles. The molecule has 0 saturated carbocycles. The topological polar surface area (TPSA) is 74.2 Å². The van der Waals surface area contributed by atoms with Crippen LogP contribution in [0.4, 0.5) is 11.6 Å². The zero-order valence-corrected chi connectivity index (χ0v) is 14.9. The van der Waals surface area contributed by atoms with Gasteiger partial charge in [0.05, 0.1) is 0 Å². The minimum Gasteiger partial charge on any atom is -0.353 e. The zero-order chi connectivity index (χ0) is 17.9. The van der Waals surface area contributed by atoms with Crippen molar-refractivity contribution in [3.05, 3.63) is 42.2 Å². The van der Waals surface area contributed by atoms with E-state index in [2.05, 4.69) is 30.3 Å². The maximum Gasteiger partial charge on any atom is 0.272 e. The van der Waals surface area contributed by atoms with Crippen molar-refractivity contribution in [2.75, 3.05) is 36.0 Å². The first kappa shape index (κ1) is 17.1. The van der Waals surface area contributed by atoms with Crippen molar-refractivity contribution in [1.82, 2.24) is 20.5 Å². The number of carbonyl (C=O) groups excluding carboxylic acids is 1. The number of hydrogen-bond donors (Lipinski definition) is 1. The van der Waals surface area contributed by atoms with Gasteiger partial charge in [0.2, 0.25) is 0 Å². The van der Waals surface area contributed by atoms with Gasteiger partial charge < -0.3 is 15.1 Å². The fourth-order valence-corrected chi connectivity index (χ4v) is 2.73. The second kappa shape index (κ2) is 7.04. The Kier molecular flexibility index (Phi) is 4.83. The molecule has 0 unspecified atom stereocenters. The van der Waals surface area contributed by atoms with Crippen molar-refractivity contribution in [3.63, 3.8) is 0 Å². The minimum absolute atomic E-state index is 0.202. The molecule has 0 radical (unpaired) electrons. The Bertz CT molecular complexity index is 703. The van der Waals surface area contributed by atoms with Gasteiger partial charge in [-0.05, 0) is 45.0 Å². The molecule has 7 heteroatoms. The summed E-state index contributed by atoms with van der Waals surface area (Å²) in [4.78, 5) is 20.9. The number of aromatic nitrogens is 3. The van der Waals surface area contributed by atoms with Crippen LogP contribution in [0.3, 0.4) is 0 Å². The van der Waals surface area contributed by atoms with Gasteiger partial charge in [0, 0.05) is 37.9 Å². The smallest absolute Gasteiger partial charge is 0.272 e. The van der Waals surface area contributed by atoms with Crippen molar-refractivity contribution < 1.29 is 4.79 Å². The van der Waals surface area contributed by atoms with Crippen LogP contribution in [0.15, 0.2) is 36.5 Å². The van der Waals surface area contributed by atoms with Gasteiger partial charge in [-0.2, -0.15) is 0 Å². The molecule has 0 aromatic carbocycles. The first-order valence-electron chi connectivity index (χ1n) is 8.49. The van der Waals surface area contributed by atoms with E-state index in [-0.39, 0.29) is 11.4 Å². The zero-order valence-electron chi connectivity index (χ0n) is 14.9. The highest BCUT2D eigenvalue weighted by Crippen LogP contribution is 2.17. The third kappa shape index (κ3) is 4.43. The highest BCUT2D eigenvalue weighted by Gasteiger charge is 2.20. The molecule has 1 aliphatic heterocycles. The summed E-state index contributed by atoms with van der Waals surface area (Å²) in [6.45, 7) is 9.27. The van der Waals surface area contributed by atoms with E-state index in [1.54, 1.807) is 6.07 Å². The molecule has 132 valence electrons. The van der Waals surface area contributed by atoms with Crippen molar-refractivity contribution >= 4 is 17.5 Å². The van der Waals surface area contributed by atoms with Gasteiger partial charge in [0.15, 0.2) is 11.5 Å². The molecule has 1 saturated heterocycles. The highest BCUT2D eigenvalue weighted by molar-refractivity contribution is 5.92. The second-order valence-corrected chi connectivity index (χ2v) is 7.14. The third-order valence-electron chi connectivity index (χ3n) is 3.95. The Hall–Kier alpha value is -2.70. The number of hydrogen-bond acceptors (Lipinski definition) is 6. The van der Waals surface area contributed by atoms with Gasteiger partial charge in [0.1, 0.15) is 5.82 Å². The van der Waals surface area contributed by atoms with E-state index >= 15 is 0 Å². The van der Waals surface area contributed by atoms with E-state index in [9.17, 15) is 4.79 Å². The Morgan fingerprint density at radius 2 is 1.64 bits per heavy atom. The molecule has 0 aliphatic carbocycles. The van der Waals surface area contributed by atoms with Crippen LogP contribution in [0.1, 0.15) is 31.3 Å². The summed E-state index contributed by atoms with van der Waals surface area (Å²) in [7, 11) is 0. The van der Waals surface area contributed by atoms with Crippen LogP contribution in [0, 0.1) is 0 Å². The molecule has 25 heavy (non-hydrogen) atoms. The van der Waals surface area contributed by atoms with Crippen LogP contribution < -0.4 is 15.1 Å². The van der Waals surface area contributed by atoms with Crippen molar-refractivity contribution in [2.45, 2.75) is 26.3 Å². The summed E-state index contributed by atoms with van der Waals surface area (Å²) >= 11 is 0. The van der Waals surface area contributed by atoms with E-state index in [0.717, 1.165) is 37.8 Å². The summed E-state index contributed by atoms with van der Waals surface area (Å²) in [6, 6.07) is 9.54. The molecular weight excluding hydrogens is 316 g/mol. The van der Waals surface area contributed by atoms with E-state index in [1.165, 1.54) is 0 Å². The average Bonchev–Trinajstić information content (AvgIpc) is 2.61. The Morgan fingerprint density at radius 3 is 2.16 bits per heavy atom. The fraction of sp³-hybridized carbons (Fsp3) is 0.444. The van der Waals surface area contributed by atoms with E-state index in [0.29, 0.717) is 5.69 Å². The van der Waals surface area contributed by atoms with Gasteiger partial charge in [0.25, 0.3) is 5.91 Å². The number of nitrogens with one attached hydrogen (secondary N) is 1. The molecule has 3 rings (SSSR count). The summed E-state index contributed by atoms with van der Waals surface area (Å²) in [5.41, 5.74) is 0.0463. The summed E-state index contributed by atoms with van der Waals surface area (Å²) in [5.74, 6) is 1.60. The van der Waals surface area contributed by atoms with E-state index in [4.69, 9.17) is 0 Å². The van der Waals surface area contributed by atoms with Crippen molar-refractivity contribution in [3.8, 4) is 0 Å². The molecular formula is C18H24N6O. The second-order valence-electron chi connectivity index (χ2n) is 7.14. The number of piperazine rings is 1. The van der Waals surface area contributed by atoms with Crippen molar-refractivity contribution in [2.24, 2.45) is 0 Å². The predicted octanol–water partition coefficient (Wildman–Crippen LogP) is 1.73. The van der Waals surface area contributed by atoms with Crippen LogP contribution in [-0.2, 0) is 0 Å². The lowest BCUT2D eigenvalue weighted by Crippen LogP contribution is -2.47. The molecule has 1 amide bonds. The summed E-state index contributed by atoms with van der Waals surface area (Å²) < 4.78 is 0. The number of anilines is 2. The van der Waals surface area contributed by atoms with E-state index in [1.807, 2.05) is 51.2 Å². The minimum atomic E-state index is -0.292. The molecule has 0 atom stereocenters. The molecule has 1 aliphatic rings. The van der Waals surface area contributed by atoms with Gasteiger partial charge in [-0.25, -0.2) is 4.98 Å². The molecule has 7 nitrogen and oxygen atoms in total. The SMILES string of the molecule is CC(C)(C)NC(=O)c1ccc(N2CCN(c3ccccn3)CC2)nn1. The van der Waals surface area contributed by atoms with Crippen molar-refractivity contribution in [1.29, 1.82) is 0 Å². The Labute approximate surface area is 148 Å². The largest absolute Gasteiger partial charge is 0.353 e. The highest BCUT2D eigenvalue weighted by atomic mass is 16.2. The Morgan fingerprint density at radius 1 is 0.960 bits per heavy atom. The lowest BCUT2D eigenvalue weighted by atomic mass is 10.1. The first-order valence-corrected chi connectivity index (χ1v) is 8.49. The van der Waals surface area contributed by atoms with Gasteiger partial charge in [-0.15, -0.1) is 10.2 Å². The molecule has 2 aromatic rings. The van der Waals surface area contributed by atoms with Gasteiger partial charge in [-0.3, -0.25) is 4.79 Å². The molecule has 1 fully saturated rings. The Balaban J connectivity index is 1.60. The predicted molar refractivity (Wildman–Crippen MR) is 97.9 cm³/mol. The monoisotopic (exact) mass is 340 g/mol. The number of pyridine rings is 1.